The number of esters is 1. The zero-order chi connectivity index (χ0) is 14.6. The normalized spacial score (nSPS) is 10.9. The molecule has 7 nitrogen and oxygen atoms in total. The number of methoxy groups -OCH3 is 1. The lowest BCUT2D eigenvalue weighted by Crippen LogP contribution is -2.37. The fourth-order valence-electron chi connectivity index (χ4n) is 1.29. The van der Waals surface area contributed by atoms with Crippen LogP contribution in [0.15, 0.2) is 12.3 Å². The predicted octanol–water partition coefficient (Wildman–Crippen LogP) is 0.374. The van der Waals surface area contributed by atoms with Crippen LogP contribution in [0.1, 0.15) is 24.2 Å². The number of aromatic nitrogens is 1. The molecule has 1 amide bonds. The molecule has 7 heteroatoms. The standard InChI is InChI=1S/C12H18N4O3/c1-12(2,11(14)18)6-16-8-5-15-9(13)4-7(8)10(17)19-3/h4-5,16H,6H2,1-3H3,(H2,13,15)(H2,14,18). The third-order valence-corrected chi connectivity index (χ3v) is 2.72. The number of ether oxygens (including phenoxy) is 1. The third kappa shape index (κ3) is 3.57. The molecule has 1 rings (SSSR count). The van der Waals surface area contributed by atoms with Gasteiger partial charge in [0.25, 0.3) is 0 Å². The molecular formula is C12H18N4O3. The first-order valence-electron chi connectivity index (χ1n) is 5.65. The number of pyridine rings is 1. The van der Waals surface area contributed by atoms with Crippen LogP contribution < -0.4 is 16.8 Å². The Hall–Kier alpha value is -2.31. The summed E-state index contributed by atoms with van der Waals surface area (Å²) in [5.74, 6) is -0.767. The van der Waals surface area contributed by atoms with E-state index in [4.69, 9.17) is 11.5 Å². The highest BCUT2D eigenvalue weighted by Crippen LogP contribution is 2.21. The van der Waals surface area contributed by atoms with Gasteiger partial charge in [-0.15, -0.1) is 0 Å². The number of carbonyl (C=O) groups excluding carboxylic acids is 2. The van der Waals surface area contributed by atoms with Crippen LogP contribution in [0.25, 0.3) is 0 Å². The van der Waals surface area contributed by atoms with Crippen molar-refractivity contribution in [3.8, 4) is 0 Å². The molecule has 0 spiro atoms. The van der Waals surface area contributed by atoms with Crippen LogP contribution in [-0.4, -0.2) is 30.5 Å². The van der Waals surface area contributed by atoms with Crippen molar-refractivity contribution in [1.29, 1.82) is 0 Å². The summed E-state index contributed by atoms with van der Waals surface area (Å²) in [6.07, 6.45) is 1.42. The average molecular weight is 266 g/mol. The van der Waals surface area contributed by atoms with E-state index in [1.807, 2.05) is 0 Å². The molecule has 104 valence electrons. The second kappa shape index (κ2) is 5.55. The molecule has 1 aromatic rings. The van der Waals surface area contributed by atoms with Crippen LogP contribution in [0.5, 0.6) is 0 Å². The second-order valence-corrected chi connectivity index (χ2v) is 4.75. The van der Waals surface area contributed by atoms with Crippen LogP contribution >= 0.6 is 0 Å². The summed E-state index contributed by atoms with van der Waals surface area (Å²) in [4.78, 5) is 26.7. The molecule has 19 heavy (non-hydrogen) atoms. The number of nitrogens with zero attached hydrogens (tertiary/aromatic N) is 1. The summed E-state index contributed by atoms with van der Waals surface area (Å²) in [5, 5.41) is 2.96. The SMILES string of the molecule is COC(=O)c1cc(N)ncc1NCC(C)(C)C(N)=O. The van der Waals surface area contributed by atoms with Gasteiger partial charge in [-0.05, 0) is 19.9 Å². The number of nitrogen functional groups attached to an aromatic ring is 1. The first kappa shape index (κ1) is 14.7. The van der Waals surface area contributed by atoms with E-state index in [9.17, 15) is 9.59 Å². The Morgan fingerprint density at radius 1 is 1.47 bits per heavy atom. The fraction of sp³-hybridized carbons (Fsp3) is 0.417. The predicted molar refractivity (Wildman–Crippen MR) is 71.5 cm³/mol. The van der Waals surface area contributed by atoms with Crippen LogP contribution in [0.4, 0.5) is 11.5 Å². The molecule has 0 unspecified atom stereocenters. The van der Waals surface area contributed by atoms with E-state index in [1.54, 1.807) is 13.8 Å². The largest absolute Gasteiger partial charge is 0.465 e. The summed E-state index contributed by atoms with van der Waals surface area (Å²) in [6, 6.07) is 1.41. The minimum atomic E-state index is -0.755. The molecule has 0 atom stereocenters. The zero-order valence-electron chi connectivity index (χ0n) is 11.2. The Labute approximate surface area is 111 Å². The van der Waals surface area contributed by atoms with Gasteiger partial charge in [0, 0.05) is 6.54 Å². The Bertz CT molecular complexity index is 500. The quantitative estimate of drug-likeness (QED) is 0.662. The third-order valence-electron chi connectivity index (χ3n) is 2.72. The number of hydrogen-bond donors (Lipinski definition) is 3. The number of nitrogens with two attached hydrogens (primary N) is 2. The van der Waals surface area contributed by atoms with Gasteiger partial charge in [0.1, 0.15) is 5.82 Å². The lowest BCUT2D eigenvalue weighted by atomic mass is 9.92. The number of hydrogen-bond acceptors (Lipinski definition) is 6. The maximum absolute atomic E-state index is 11.6. The van der Waals surface area contributed by atoms with E-state index in [1.165, 1.54) is 19.4 Å². The minimum Gasteiger partial charge on any atom is -0.465 e. The number of nitrogens with one attached hydrogen (secondary N) is 1. The number of rotatable bonds is 5. The topological polar surface area (TPSA) is 120 Å². The van der Waals surface area contributed by atoms with Crippen LogP contribution in [0, 0.1) is 5.41 Å². The lowest BCUT2D eigenvalue weighted by Gasteiger charge is -2.22. The monoisotopic (exact) mass is 266 g/mol. The average Bonchev–Trinajstić information content (AvgIpc) is 2.36. The number of primary amides is 1. The molecule has 1 heterocycles. The van der Waals surface area contributed by atoms with Crippen molar-refractivity contribution in [2.45, 2.75) is 13.8 Å². The maximum Gasteiger partial charge on any atom is 0.340 e. The Kier molecular flexibility index (Phi) is 4.31. The van der Waals surface area contributed by atoms with Crippen LogP contribution in [0.2, 0.25) is 0 Å². The number of amides is 1. The summed E-state index contributed by atoms with van der Waals surface area (Å²) < 4.78 is 4.66. The van der Waals surface area contributed by atoms with Crippen molar-refractivity contribution in [1.82, 2.24) is 4.98 Å². The Morgan fingerprint density at radius 3 is 2.63 bits per heavy atom. The van der Waals surface area contributed by atoms with Crippen molar-refractivity contribution in [3.05, 3.63) is 17.8 Å². The lowest BCUT2D eigenvalue weighted by molar-refractivity contribution is -0.125. The highest BCUT2D eigenvalue weighted by molar-refractivity contribution is 5.96. The van der Waals surface area contributed by atoms with Gasteiger partial charge in [0.15, 0.2) is 0 Å². The molecule has 0 saturated heterocycles. The highest BCUT2D eigenvalue weighted by atomic mass is 16.5. The molecular weight excluding hydrogens is 248 g/mol. The van der Waals surface area contributed by atoms with E-state index in [-0.39, 0.29) is 17.9 Å². The summed E-state index contributed by atoms with van der Waals surface area (Å²) in [6.45, 7) is 3.66. The van der Waals surface area contributed by atoms with Gasteiger partial charge in [-0.2, -0.15) is 0 Å². The van der Waals surface area contributed by atoms with Gasteiger partial charge < -0.3 is 21.5 Å². The van der Waals surface area contributed by atoms with Crippen molar-refractivity contribution in [2.24, 2.45) is 11.1 Å². The van der Waals surface area contributed by atoms with Gasteiger partial charge in [-0.1, -0.05) is 0 Å². The first-order chi connectivity index (χ1) is 8.77. The molecule has 0 saturated carbocycles. The van der Waals surface area contributed by atoms with E-state index >= 15 is 0 Å². The van der Waals surface area contributed by atoms with E-state index < -0.39 is 17.3 Å². The van der Waals surface area contributed by atoms with Crippen LogP contribution in [0.3, 0.4) is 0 Å². The number of anilines is 2. The Morgan fingerprint density at radius 2 is 2.11 bits per heavy atom. The van der Waals surface area contributed by atoms with Gasteiger partial charge in [-0.25, -0.2) is 9.78 Å². The van der Waals surface area contributed by atoms with Crippen molar-refractivity contribution >= 4 is 23.4 Å². The molecule has 0 fully saturated rings. The first-order valence-corrected chi connectivity index (χ1v) is 5.65. The van der Waals surface area contributed by atoms with E-state index in [0.717, 1.165) is 0 Å². The number of carbonyl (C=O) groups is 2. The molecule has 0 radical (unpaired) electrons. The Balaban J connectivity index is 2.95. The summed E-state index contributed by atoms with van der Waals surface area (Å²) in [7, 11) is 1.27. The minimum absolute atomic E-state index is 0.208. The van der Waals surface area contributed by atoms with E-state index in [2.05, 4.69) is 15.0 Å². The molecule has 0 aliphatic carbocycles. The molecule has 0 aliphatic rings. The van der Waals surface area contributed by atoms with Gasteiger partial charge in [-0.3, -0.25) is 4.79 Å². The van der Waals surface area contributed by atoms with Gasteiger partial charge >= 0.3 is 5.97 Å². The summed E-state index contributed by atoms with van der Waals surface area (Å²) in [5.41, 5.74) is 10.8. The second-order valence-electron chi connectivity index (χ2n) is 4.75. The molecule has 5 N–H and O–H groups in total. The molecule has 0 bridgehead atoms. The molecule has 0 aliphatic heterocycles. The van der Waals surface area contributed by atoms with Crippen molar-refractivity contribution < 1.29 is 14.3 Å². The fourth-order valence-corrected chi connectivity index (χ4v) is 1.29. The van der Waals surface area contributed by atoms with Crippen molar-refractivity contribution in [3.63, 3.8) is 0 Å². The highest BCUT2D eigenvalue weighted by Gasteiger charge is 2.25. The molecule has 1 aromatic heterocycles. The maximum atomic E-state index is 11.6. The summed E-state index contributed by atoms with van der Waals surface area (Å²) >= 11 is 0. The van der Waals surface area contributed by atoms with E-state index in [0.29, 0.717) is 5.69 Å². The van der Waals surface area contributed by atoms with Crippen LogP contribution in [-0.2, 0) is 9.53 Å². The van der Waals surface area contributed by atoms with Gasteiger partial charge in [0.05, 0.1) is 30.0 Å². The molecule has 0 aromatic carbocycles. The van der Waals surface area contributed by atoms with Crippen molar-refractivity contribution in [2.75, 3.05) is 24.7 Å². The van der Waals surface area contributed by atoms with Gasteiger partial charge in [0.2, 0.25) is 5.91 Å². The zero-order valence-corrected chi connectivity index (χ0v) is 11.2. The smallest absolute Gasteiger partial charge is 0.340 e.